The summed E-state index contributed by atoms with van der Waals surface area (Å²) in [5.41, 5.74) is 2.41. The van der Waals surface area contributed by atoms with Gasteiger partial charge in [-0.15, -0.1) is 0 Å². The maximum absolute atomic E-state index is 12.2. The Morgan fingerprint density at radius 2 is 2.15 bits per heavy atom. The van der Waals surface area contributed by atoms with Crippen LogP contribution < -0.4 is 10.2 Å². The van der Waals surface area contributed by atoms with Crippen molar-refractivity contribution in [3.63, 3.8) is 0 Å². The Balaban J connectivity index is 1.79. The number of hydrogen-bond acceptors (Lipinski definition) is 2. The molecule has 0 saturated carbocycles. The second-order valence-corrected chi connectivity index (χ2v) is 5.90. The van der Waals surface area contributed by atoms with Crippen LogP contribution >= 0.6 is 0 Å². The largest absolute Gasteiger partial charge is 0.326 e. The first-order chi connectivity index (χ1) is 9.75. The number of benzene rings is 1. The molecular weight excluding hydrogens is 250 g/mol. The minimum Gasteiger partial charge on any atom is -0.326 e. The number of carbonyl (C=O) groups excluding carboxylic acids is 1. The van der Waals surface area contributed by atoms with E-state index >= 15 is 0 Å². The molecule has 3 rings (SSSR count). The van der Waals surface area contributed by atoms with E-state index in [0.717, 1.165) is 38.3 Å². The Kier molecular flexibility index (Phi) is 3.92. The molecule has 0 aromatic heterocycles. The van der Waals surface area contributed by atoms with Crippen molar-refractivity contribution in [3.05, 3.63) is 29.8 Å². The van der Waals surface area contributed by atoms with Gasteiger partial charge in [-0.2, -0.15) is 0 Å². The van der Waals surface area contributed by atoms with Crippen LogP contribution in [-0.4, -0.2) is 44.2 Å². The number of likely N-dealkylation sites (N-methyl/N-ethyl adjacent to an activating group) is 1. The van der Waals surface area contributed by atoms with Gasteiger partial charge in [-0.25, -0.2) is 4.79 Å². The summed E-state index contributed by atoms with van der Waals surface area (Å²) in [5, 5.41) is 3.47. The Bertz CT molecular complexity index is 482. The Morgan fingerprint density at radius 3 is 2.85 bits per heavy atom. The summed E-state index contributed by atoms with van der Waals surface area (Å²) < 4.78 is 0. The molecule has 2 aliphatic heterocycles. The highest BCUT2D eigenvalue weighted by molar-refractivity contribution is 5.94. The normalized spacial score (nSPS) is 23.4. The smallest absolute Gasteiger partial charge is 0.324 e. The average molecular weight is 273 g/mol. The van der Waals surface area contributed by atoms with E-state index in [0.29, 0.717) is 5.92 Å². The van der Waals surface area contributed by atoms with Crippen LogP contribution in [-0.2, 0) is 6.42 Å². The molecule has 4 heteroatoms. The first-order valence-corrected chi connectivity index (χ1v) is 7.57. The van der Waals surface area contributed by atoms with Crippen molar-refractivity contribution >= 4 is 11.7 Å². The molecule has 0 aliphatic carbocycles. The lowest BCUT2D eigenvalue weighted by atomic mass is 9.91. The number of carbonyl (C=O) groups is 1. The molecule has 1 unspecified atom stereocenters. The lowest BCUT2D eigenvalue weighted by Crippen LogP contribution is -2.32. The zero-order valence-electron chi connectivity index (χ0n) is 12.1. The van der Waals surface area contributed by atoms with Crippen molar-refractivity contribution in [2.24, 2.45) is 5.92 Å². The topological polar surface area (TPSA) is 35.6 Å². The van der Waals surface area contributed by atoms with Crippen LogP contribution in [0.1, 0.15) is 18.4 Å². The van der Waals surface area contributed by atoms with Crippen molar-refractivity contribution in [2.45, 2.75) is 19.3 Å². The van der Waals surface area contributed by atoms with Crippen LogP contribution in [0.2, 0.25) is 0 Å². The third kappa shape index (κ3) is 2.66. The predicted octanol–water partition coefficient (Wildman–Crippen LogP) is 2.10. The summed E-state index contributed by atoms with van der Waals surface area (Å²) >= 11 is 0. The highest BCUT2D eigenvalue weighted by Gasteiger charge is 2.28. The van der Waals surface area contributed by atoms with Crippen LogP contribution in [0.25, 0.3) is 0 Å². The van der Waals surface area contributed by atoms with Gasteiger partial charge < -0.3 is 10.2 Å². The van der Waals surface area contributed by atoms with Gasteiger partial charge in [0.05, 0.1) is 0 Å². The Morgan fingerprint density at radius 1 is 1.30 bits per heavy atom. The van der Waals surface area contributed by atoms with Crippen molar-refractivity contribution in [1.82, 2.24) is 10.2 Å². The molecule has 1 aromatic rings. The lowest BCUT2D eigenvalue weighted by molar-refractivity contribution is 0.229. The molecule has 2 fully saturated rings. The second kappa shape index (κ2) is 5.83. The molecule has 2 saturated heterocycles. The van der Waals surface area contributed by atoms with E-state index in [4.69, 9.17) is 0 Å². The first-order valence-electron chi connectivity index (χ1n) is 7.57. The number of piperidine rings is 1. The van der Waals surface area contributed by atoms with E-state index in [1.807, 2.05) is 18.0 Å². The highest BCUT2D eigenvalue weighted by Crippen LogP contribution is 2.27. The Labute approximate surface area is 120 Å². The molecule has 20 heavy (non-hydrogen) atoms. The van der Waals surface area contributed by atoms with Crippen molar-refractivity contribution in [3.8, 4) is 0 Å². The summed E-state index contributed by atoms with van der Waals surface area (Å²) in [6.07, 6.45) is 3.62. The maximum Gasteiger partial charge on any atom is 0.324 e. The molecule has 0 radical (unpaired) electrons. The molecule has 2 amide bonds. The van der Waals surface area contributed by atoms with E-state index < -0.39 is 0 Å². The highest BCUT2D eigenvalue weighted by atomic mass is 16.2. The van der Waals surface area contributed by atoms with Gasteiger partial charge >= 0.3 is 6.03 Å². The van der Waals surface area contributed by atoms with Crippen molar-refractivity contribution in [1.29, 1.82) is 0 Å². The quantitative estimate of drug-likeness (QED) is 0.915. The van der Waals surface area contributed by atoms with E-state index in [1.165, 1.54) is 18.4 Å². The molecule has 0 spiro atoms. The molecule has 0 bridgehead atoms. The first kappa shape index (κ1) is 13.4. The van der Waals surface area contributed by atoms with Crippen molar-refractivity contribution < 1.29 is 4.79 Å². The molecule has 2 aliphatic rings. The van der Waals surface area contributed by atoms with Crippen LogP contribution in [0, 0.1) is 5.92 Å². The Hall–Kier alpha value is -1.55. The zero-order chi connectivity index (χ0) is 13.9. The minimum absolute atomic E-state index is 0.124. The standard InChI is InChI=1S/C16H23N3O/c1-18-9-10-19(16(18)20)15-7-3-2-6-14(15)11-13-5-4-8-17-12-13/h2-3,6-7,13,17H,4-5,8-12H2,1H3. The molecule has 2 heterocycles. The van der Waals surface area contributed by atoms with Gasteiger partial charge in [-0.3, -0.25) is 4.90 Å². The number of rotatable bonds is 3. The van der Waals surface area contributed by atoms with Gasteiger partial charge in [-0.1, -0.05) is 18.2 Å². The third-order valence-corrected chi connectivity index (χ3v) is 4.41. The summed E-state index contributed by atoms with van der Waals surface area (Å²) in [4.78, 5) is 15.9. The number of urea groups is 1. The molecule has 1 N–H and O–H groups in total. The summed E-state index contributed by atoms with van der Waals surface area (Å²) in [6.45, 7) is 3.86. The number of hydrogen-bond donors (Lipinski definition) is 1. The fourth-order valence-electron chi connectivity index (χ4n) is 3.23. The molecule has 1 atom stereocenters. The summed E-state index contributed by atoms with van der Waals surface area (Å²) in [5.74, 6) is 0.695. The number of nitrogens with zero attached hydrogens (tertiary/aromatic N) is 2. The zero-order valence-corrected chi connectivity index (χ0v) is 12.1. The van der Waals surface area contributed by atoms with Gasteiger partial charge in [0, 0.05) is 25.8 Å². The van der Waals surface area contributed by atoms with E-state index in [1.54, 1.807) is 4.90 Å². The third-order valence-electron chi connectivity index (χ3n) is 4.41. The van der Waals surface area contributed by atoms with E-state index in [2.05, 4.69) is 23.5 Å². The lowest BCUT2D eigenvalue weighted by Gasteiger charge is -2.25. The number of amides is 2. The number of para-hydroxylation sites is 1. The number of anilines is 1. The number of nitrogens with one attached hydrogen (secondary N) is 1. The molecule has 1 aromatic carbocycles. The van der Waals surface area contributed by atoms with Gasteiger partial charge in [0.25, 0.3) is 0 Å². The van der Waals surface area contributed by atoms with Gasteiger partial charge in [0.1, 0.15) is 0 Å². The van der Waals surface area contributed by atoms with Crippen LogP contribution in [0.4, 0.5) is 10.5 Å². The minimum atomic E-state index is 0.124. The second-order valence-electron chi connectivity index (χ2n) is 5.90. The van der Waals surface area contributed by atoms with Gasteiger partial charge in [0.2, 0.25) is 0 Å². The maximum atomic E-state index is 12.2. The van der Waals surface area contributed by atoms with Crippen LogP contribution in [0.5, 0.6) is 0 Å². The molecule has 4 nitrogen and oxygen atoms in total. The average Bonchev–Trinajstić information content (AvgIpc) is 2.81. The SMILES string of the molecule is CN1CCN(c2ccccc2CC2CCCNC2)C1=O. The van der Waals surface area contributed by atoms with E-state index in [-0.39, 0.29) is 6.03 Å². The molecule has 108 valence electrons. The molecular formula is C16H23N3O. The predicted molar refractivity (Wildman–Crippen MR) is 81.1 cm³/mol. The van der Waals surface area contributed by atoms with Crippen LogP contribution in [0.15, 0.2) is 24.3 Å². The monoisotopic (exact) mass is 273 g/mol. The van der Waals surface area contributed by atoms with E-state index in [9.17, 15) is 4.79 Å². The summed E-state index contributed by atoms with van der Waals surface area (Å²) in [6, 6.07) is 8.50. The van der Waals surface area contributed by atoms with Crippen LogP contribution in [0.3, 0.4) is 0 Å². The fraction of sp³-hybridized carbons (Fsp3) is 0.562. The van der Waals surface area contributed by atoms with Gasteiger partial charge in [-0.05, 0) is 49.9 Å². The van der Waals surface area contributed by atoms with Gasteiger partial charge in [0.15, 0.2) is 0 Å². The fourth-order valence-corrected chi connectivity index (χ4v) is 3.23. The van der Waals surface area contributed by atoms with Crippen molar-refractivity contribution in [2.75, 3.05) is 38.1 Å². The summed E-state index contributed by atoms with van der Waals surface area (Å²) in [7, 11) is 1.87.